The monoisotopic (exact) mass is 1310 g/mol. The highest BCUT2D eigenvalue weighted by molar-refractivity contribution is 9.10. The van der Waals surface area contributed by atoms with E-state index in [1.165, 1.54) is 128 Å². The van der Waals surface area contributed by atoms with Crippen LogP contribution in [-0.2, 0) is 48.4 Å². The van der Waals surface area contributed by atoms with Gasteiger partial charge in [0.25, 0.3) is 0 Å². The van der Waals surface area contributed by atoms with Crippen LogP contribution in [0.5, 0.6) is 0 Å². The van der Waals surface area contributed by atoms with Crippen molar-refractivity contribution in [2.24, 2.45) is 0 Å². The fourth-order valence-corrected chi connectivity index (χ4v) is 13.0. The average Bonchev–Trinajstić information content (AvgIpc) is 0.817. The Labute approximate surface area is 562 Å². The molecule has 93 heavy (non-hydrogen) atoms. The van der Waals surface area contributed by atoms with Gasteiger partial charge in [-0.2, -0.15) is 0 Å². The van der Waals surface area contributed by atoms with Crippen LogP contribution in [0.25, 0.3) is 55.6 Å². The van der Waals surface area contributed by atoms with Gasteiger partial charge in [-0.15, -0.1) is 0 Å². The van der Waals surface area contributed by atoms with Crippen molar-refractivity contribution in [1.82, 2.24) is 15.1 Å². The number of benzene rings is 9. The minimum absolute atomic E-state index is 0.231. The summed E-state index contributed by atoms with van der Waals surface area (Å²) in [6.45, 7) is 35.3. The summed E-state index contributed by atoms with van der Waals surface area (Å²) in [5, 5.41) is 21.2. The van der Waals surface area contributed by atoms with Crippen molar-refractivity contribution in [2.45, 2.75) is 154 Å². The van der Waals surface area contributed by atoms with Gasteiger partial charge in [-0.1, -0.05) is 174 Å². The summed E-state index contributed by atoms with van der Waals surface area (Å²) in [6.07, 6.45) is 2.36. The molecule has 9 nitrogen and oxygen atoms in total. The van der Waals surface area contributed by atoms with Gasteiger partial charge in [-0.25, -0.2) is 9.59 Å². The minimum Gasteiger partial charge on any atom is -0.444 e. The van der Waals surface area contributed by atoms with Crippen molar-refractivity contribution in [1.29, 1.82) is 0 Å². The van der Waals surface area contributed by atoms with E-state index < -0.39 is 18.3 Å². The molecule has 12 rings (SSSR count). The molecule has 9 aromatic carbocycles. The fraction of sp³-hybridized carbons (Fsp3) is 0.317. The molecule has 0 bridgehead atoms. The molecule has 0 aromatic heterocycles. The molecule has 0 radical (unpaired) electrons. The molecule has 0 spiro atoms. The van der Waals surface area contributed by atoms with Gasteiger partial charge in [0.05, 0.1) is 0 Å². The number of fused-ring (bicyclic) bond motifs is 3. The number of rotatable bonds is 6. The quantitative estimate of drug-likeness (QED) is 0.142. The van der Waals surface area contributed by atoms with Crippen molar-refractivity contribution < 1.29 is 29.1 Å². The molecular weight excluding hydrogens is 1210 g/mol. The first kappa shape index (κ1) is 69.3. The van der Waals surface area contributed by atoms with Crippen LogP contribution in [0.15, 0.2) is 168 Å². The molecule has 3 heterocycles. The van der Waals surface area contributed by atoms with Crippen LogP contribution in [0.2, 0.25) is 0 Å². The lowest BCUT2D eigenvalue weighted by molar-refractivity contribution is 0.0214. The maximum Gasteiger partial charge on any atom is 0.488 e. The van der Waals surface area contributed by atoms with Crippen LogP contribution < -0.4 is 10.8 Å². The van der Waals surface area contributed by atoms with Crippen molar-refractivity contribution in [2.75, 3.05) is 19.6 Å². The van der Waals surface area contributed by atoms with Crippen molar-refractivity contribution in [3.05, 3.63) is 252 Å². The molecule has 3 aliphatic heterocycles. The van der Waals surface area contributed by atoms with Crippen LogP contribution in [0, 0.1) is 62.3 Å². The zero-order chi connectivity index (χ0) is 67.1. The number of hydrogen-bond acceptors (Lipinski definition) is 7. The predicted molar refractivity (Wildman–Crippen MR) is 389 cm³/mol. The smallest absolute Gasteiger partial charge is 0.444 e. The van der Waals surface area contributed by atoms with E-state index in [1.807, 2.05) is 67.5 Å². The molecule has 0 saturated heterocycles. The zero-order valence-electron chi connectivity index (χ0n) is 57.3. The van der Waals surface area contributed by atoms with Crippen LogP contribution in [0.3, 0.4) is 0 Å². The van der Waals surface area contributed by atoms with Gasteiger partial charge in [-0.05, 0) is 280 Å². The molecule has 0 aliphatic carbocycles. The number of carbonyl (C=O) groups is 2. The SMILES string of the molecule is Cc1c(Br)cccc1-c1ccc2c(c1)CCN(C(=O)OC(C)(C)C)C2.Cc1cccc(-c2cccc(-c3ccc4c(c3)CCN(C(=O)OC(C)(C)C)C4)c2C)c1C.Cc1cccc(-c2cccc(-c3ccc4c(c3)CCNC4)c2C)c1C.Cc1cccc(B(O)O)c1C. The summed E-state index contributed by atoms with van der Waals surface area (Å²) in [7, 11) is -1.35. The largest absolute Gasteiger partial charge is 0.488 e. The molecule has 0 atom stereocenters. The topological polar surface area (TPSA) is 112 Å². The summed E-state index contributed by atoms with van der Waals surface area (Å²) >= 11 is 3.61. The summed E-state index contributed by atoms with van der Waals surface area (Å²) in [5.41, 5.74) is 31.9. The van der Waals surface area contributed by atoms with E-state index in [1.54, 1.807) is 15.9 Å². The maximum absolute atomic E-state index is 12.5. The molecular formula is C82H93BBrN3O6. The third kappa shape index (κ3) is 17.0. The van der Waals surface area contributed by atoms with Gasteiger partial charge >= 0.3 is 19.3 Å². The molecule has 3 aliphatic rings. The number of hydrogen-bond donors (Lipinski definition) is 3. The second kappa shape index (κ2) is 29.9. The van der Waals surface area contributed by atoms with E-state index >= 15 is 0 Å². The second-order valence-corrected chi connectivity index (χ2v) is 28.1. The molecule has 11 heteroatoms. The molecule has 0 saturated carbocycles. The van der Waals surface area contributed by atoms with E-state index in [9.17, 15) is 9.59 Å². The number of halogens is 1. The molecule has 3 N–H and O–H groups in total. The number of ether oxygens (including phenoxy) is 2. The highest BCUT2D eigenvalue weighted by atomic mass is 79.9. The summed E-state index contributed by atoms with van der Waals surface area (Å²) in [5.74, 6) is 0. The van der Waals surface area contributed by atoms with Gasteiger partial charge in [0.2, 0.25) is 0 Å². The van der Waals surface area contributed by atoms with Gasteiger partial charge in [0.15, 0.2) is 0 Å². The highest BCUT2D eigenvalue weighted by Gasteiger charge is 2.28. The van der Waals surface area contributed by atoms with E-state index in [0.29, 0.717) is 31.6 Å². The number of aryl methyl sites for hydroxylation is 3. The minimum atomic E-state index is -1.35. The first-order chi connectivity index (χ1) is 44.2. The summed E-state index contributed by atoms with van der Waals surface area (Å²) in [6, 6.07) is 58.3. The average molecular weight is 1310 g/mol. The van der Waals surface area contributed by atoms with Crippen molar-refractivity contribution >= 4 is 40.7 Å². The van der Waals surface area contributed by atoms with E-state index in [4.69, 9.17) is 19.5 Å². The molecule has 482 valence electrons. The molecule has 2 amide bonds. The maximum atomic E-state index is 12.5. The summed E-state index contributed by atoms with van der Waals surface area (Å²) < 4.78 is 12.2. The fourth-order valence-electron chi connectivity index (χ4n) is 12.6. The first-order valence-corrected chi connectivity index (χ1v) is 33.5. The normalized spacial score (nSPS) is 13.3. The number of carbonyl (C=O) groups excluding carboxylic acids is 2. The Bertz CT molecular complexity index is 4200. The summed E-state index contributed by atoms with van der Waals surface area (Å²) in [4.78, 5) is 28.4. The number of nitrogens with zero attached hydrogens (tertiary/aromatic N) is 2. The molecule has 0 unspecified atom stereocenters. The molecule has 9 aromatic rings. The lowest BCUT2D eigenvalue weighted by Crippen LogP contribution is -2.39. The Morgan fingerprint density at radius 3 is 1.19 bits per heavy atom. The molecule has 0 fully saturated rings. The Morgan fingerprint density at radius 2 is 0.774 bits per heavy atom. The zero-order valence-corrected chi connectivity index (χ0v) is 58.9. The first-order valence-electron chi connectivity index (χ1n) is 32.7. The highest BCUT2D eigenvalue weighted by Crippen LogP contribution is 2.38. The Balaban J connectivity index is 0.000000153. The lowest BCUT2D eigenvalue weighted by atomic mass is 9.76. The van der Waals surface area contributed by atoms with Crippen LogP contribution in [0.4, 0.5) is 9.59 Å². The van der Waals surface area contributed by atoms with Gasteiger partial charge in [0, 0.05) is 37.2 Å². The Morgan fingerprint density at radius 1 is 0.419 bits per heavy atom. The van der Waals surface area contributed by atoms with E-state index in [0.717, 1.165) is 48.0 Å². The van der Waals surface area contributed by atoms with Crippen molar-refractivity contribution in [3.8, 4) is 55.6 Å². The van der Waals surface area contributed by atoms with E-state index in [2.05, 4.69) is 215 Å². The van der Waals surface area contributed by atoms with Crippen LogP contribution >= 0.6 is 15.9 Å². The van der Waals surface area contributed by atoms with Crippen molar-refractivity contribution in [3.63, 3.8) is 0 Å². The van der Waals surface area contributed by atoms with Gasteiger partial charge in [0.1, 0.15) is 11.2 Å². The second-order valence-electron chi connectivity index (χ2n) is 27.2. The Hall–Kier alpha value is -8.06. The third-order valence-corrected chi connectivity index (χ3v) is 19.3. The Kier molecular flexibility index (Phi) is 22.3. The predicted octanol–water partition coefficient (Wildman–Crippen LogP) is 18.5. The number of nitrogens with one attached hydrogen (secondary N) is 1. The van der Waals surface area contributed by atoms with Crippen LogP contribution in [-0.4, -0.2) is 70.0 Å². The van der Waals surface area contributed by atoms with Crippen LogP contribution in [0.1, 0.15) is 125 Å². The third-order valence-electron chi connectivity index (χ3n) is 18.4. The van der Waals surface area contributed by atoms with E-state index in [-0.39, 0.29) is 12.2 Å². The standard InChI is InChI=1S/C29H33NO2.C24H25N.C21H24BrNO2.C8H11BO2/c1-19-9-7-11-26(20(19)2)27-12-8-10-25(21(27)3)23-13-14-24-18-30(16-15-22(24)17-23)28(31)32-29(4,5)6;1-16-6-4-8-23(17(16)2)24-9-5-7-22(18(24)3)20-10-11-21-15-25-13-12-19(21)14-20;1-14-18(6-5-7-19(14)22)16-8-9-17-13-23(11-10-15(17)12-16)20(24)25-21(2,3)4;1-6-4-3-5-8(7(6)2)9(10)11/h7-14,17H,15-16,18H2,1-6H3;4-11,14,25H,12-13,15H2,1-3H3;5-9,12H,10-11,13H2,1-4H3;3-5,10-11H,1-2H3. The van der Waals surface area contributed by atoms with Gasteiger partial charge < -0.3 is 34.6 Å². The number of amides is 2. The van der Waals surface area contributed by atoms with Gasteiger partial charge in [-0.3, -0.25) is 0 Å². The lowest BCUT2D eigenvalue weighted by Gasteiger charge is -2.31.